The van der Waals surface area contributed by atoms with Crippen LogP contribution in [0.3, 0.4) is 0 Å². The number of carbonyl (C=O) groups is 1. The van der Waals surface area contributed by atoms with Crippen molar-refractivity contribution in [3.05, 3.63) is 0 Å². The molecule has 23 heavy (non-hydrogen) atoms. The summed E-state index contributed by atoms with van der Waals surface area (Å²) in [4.78, 5) is 19.0. The Kier molecular flexibility index (Phi) is 4.43. The fourth-order valence-electron chi connectivity index (χ4n) is 4.92. The van der Waals surface area contributed by atoms with Gasteiger partial charge in [0.25, 0.3) is 0 Å². The van der Waals surface area contributed by atoms with Gasteiger partial charge in [0.1, 0.15) is 6.04 Å². The molecule has 0 amide bonds. The highest BCUT2D eigenvalue weighted by molar-refractivity contribution is 6.76. The maximum atomic E-state index is 12.6. The number of hydrogen-bond acceptors (Lipinski definition) is 4. The molecule has 2 aliphatic heterocycles. The molecule has 5 atom stereocenters. The predicted octanol–water partition coefficient (Wildman–Crippen LogP) is 4.04. The molecule has 0 bridgehead atoms. The quantitative estimate of drug-likeness (QED) is 0.574. The first-order valence-electron chi connectivity index (χ1n) is 9.31. The lowest BCUT2D eigenvalue weighted by Gasteiger charge is -2.47. The summed E-state index contributed by atoms with van der Waals surface area (Å²) >= 11 is 0. The molecule has 0 unspecified atom stereocenters. The van der Waals surface area contributed by atoms with Crippen LogP contribution in [0.25, 0.3) is 0 Å². The molecule has 0 aromatic rings. The molecular weight excluding hydrogens is 306 g/mol. The average Bonchev–Trinajstić information content (AvgIpc) is 2.88. The summed E-state index contributed by atoms with van der Waals surface area (Å²) in [6.45, 7) is 13.9. The maximum Gasteiger partial charge on any atom is 0.327 e. The number of esters is 1. The molecule has 0 N–H and O–H groups in total. The fourth-order valence-corrected chi connectivity index (χ4v) is 6.53. The standard InChI is InChI=1S/C18H33NO3Si/c1-12(2)15-8-7-13(3)10-18(15)19-16(17(20)21-18)9-14(22-19)11-23(4,5)6/h12-16H,7-11H2,1-6H3/t13-,14+,15+,16+,18-/m1/s1. The first-order valence-corrected chi connectivity index (χ1v) is 13.0. The third-order valence-electron chi connectivity index (χ3n) is 5.79. The Morgan fingerprint density at radius 1 is 1.30 bits per heavy atom. The molecule has 3 fully saturated rings. The van der Waals surface area contributed by atoms with Crippen molar-refractivity contribution in [1.29, 1.82) is 0 Å². The predicted molar refractivity (Wildman–Crippen MR) is 93.4 cm³/mol. The van der Waals surface area contributed by atoms with Crippen molar-refractivity contribution in [2.75, 3.05) is 0 Å². The summed E-state index contributed by atoms with van der Waals surface area (Å²) in [6, 6.07) is 0.938. The Morgan fingerprint density at radius 2 is 2.00 bits per heavy atom. The maximum absolute atomic E-state index is 12.6. The minimum atomic E-state index is -1.21. The van der Waals surface area contributed by atoms with Gasteiger partial charge >= 0.3 is 5.97 Å². The highest BCUT2D eigenvalue weighted by atomic mass is 28.3. The van der Waals surface area contributed by atoms with Crippen molar-refractivity contribution in [3.63, 3.8) is 0 Å². The molecule has 3 rings (SSSR count). The van der Waals surface area contributed by atoms with E-state index in [1.165, 1.54) is 6.42 Å². The number of carbonyl (C=O) groups excluding carboxylic acids is 1. The van der Waals surface area contributed by atoms with E-state index in [1.807, 2.05) is 5.06 Å². The Hall–Kier alpha value is -0.393. The lowest BCUT2D eigenvalue weighted by molar-refractivity contribution is -0.295. The van der Waals surface area contributed by atoms with Crippen LogP contribution in [0.1, 0.15) is 46.5 Å². The minimum absolute atomic E-state index is 0.0529. The first-order chi connectivity index (χ1) is 10.6. The average molecular weight is 340 g/mol. The molecular formula is C18H33NO3Si. The van der Waals surface area contributed by atoms with Gasteiger partial charge in [0.2, 0.25) is 0 Å². The van der Waals surface area contributed by atoms with Crippen LogP contribution in [0.15, 0.2) is 0 Å². The van der Waals surface area contributed by atoms with Gasteiger partial charge in [-0.05, 0) is 24.3 Å². The normalized spacial score (nSPS) is 41.6. The van der Waals surface area contributed by atoms with Crippen LogP contribution in [-0.4, -0.2) is 37.0 Å². The summed E-state index contributed by atoms with van der Waals surface area (Å²) in [7, 11) is -1.21. The van der Waals surface area contributed by atoms with Gasteiger partial charge in [0, 0.05) is 26.8 Å². The number of hydrogen-bond donors (Lipinski definition) is 0. The van der Waals surface area contributed by atoms with Crippen LogP contribution in [-0.2, 0) is 14.4 Å². The zero-order chi connectivity index (χ0) is 17.0. The summed E-state index contributed by atoms with van der Waals surface area (Å²) in [5.41, 5.74) is -0.512. The number of hydroxylamine groups is 2. The number of nitrogens with zero attached hydrogens (tertiary/aromatic N) is 1. The van der Waals surface area contributed by atoms with Crippen LogP contribution < -0.4 is 0 Å². The van der Waals surface area contributed by atoms with Gasteiger partial charge in [-0.1, -0.05) is 46.8 Å². The van der Waals surface area contributed by atoms with Crippen LogP contribution in [0.5, 0.6) is 0 Å². The van der Waals surface area contributed by atoms with Crippen molar-refractivity contribution in [2.45, 2.75) is 90.0 Å². The lowest BCUT2D eigenvalue weighted by Crippen LogP contribution is -2.55. The molecule has 1 saturated carbocycles. The highest BCUT2D eigenvalue weighted by Crippen LogP contribution is 2.52. The monoisotopic (exact) mass is 339 g/mol. The van der Waals surface area contributed by atoms with Gasteiger partial charge < -0.3 is 4.74 Å². The molecule has 3 aliphatic rings. The third-order valence-corrected chi connectivity index (χ3v) is 7.47. The molecule has 1 aliphatic carbocycles. The third kappa shape index (κ3) is 3.12. The molecule has 0 aromatic heterocycles. The van der Waals surface area contributed by atoms with E-state index in [1.54, 1.807) is 0 Å². The highest BCUT2D eigenvalue weighted by Gasteiger charge is 2.64. The van der Waals surface area contributed by atoms with Gasteiger partial charge in [-0.15, -0.1) is 5.06 Å². The van der Waals surface area contributed by atoms with E-state index in [0.717, 1.165) is 25.3 Å². The van der Waals surface area contributed by atoms with Gasteiger partial charge in [-0.2, -0.15) is 0 Å². The second-order valence-electron chi connectivity index (χ2n) is 9.57. The number of rotatable bonds is 3. The van der Waals surface area contributed by atoms with Crippen molar-refractivity contribution >= 4 is 14.0 Å². The second-order valence-corrected chi connectivity index (χ2v) is 15.1. The zero-order valence-corrected chi connectivity index (χ0v) is 16.6. The summed E-state index contributed by atoms with van der Waals surface area (Å²) in [6.07, 6.45) is 4.26. The van der Waals surface area contributed by atoms with Crippen molar-refractivity contribution in [1.82, 2.24) is 5.06 Å². The van der Waals surface area contributed by atoms with Crippen molar-refractivity contribution in [3.8, 4) is 0 Å². The molecule has 4 nitrogen and oxygen atoms in total. The topological polar surface area (TPSA) is 38.8 Å². The van der Waals surface area contributed by atoms with Gasteiger partial charge in [-0.3, -0.25) is 9.63 Å². The van der Waals surface area contributed by atoms with Crippen molar-refractivity contribution in [2.24, 2.45) is 17.8 Å². The molecule has 0 aromatic carbocycles. The Bertz CT molecular complexity index is 475. The summed E-state index contributed by atoms with van der Waals surface area (Å²) < 4.78 is 6.05. The molecule has 132 valence electrons. The molecule has 5 heteroatoms. The Balaban J connectivity index is 1.86. The Labute approximate surface area is 141 Å². The SMILES string of the molecule is CC(C)[C@@H]1CC[C@@H](C)C[C@@]12OC(=O)[C@@H]1C[C@@H](C[Si](C)(C)C)ON12. The molecule has 0 radical (unpaired) electrons. The number of fused-ring (bicyclic) bond motifs is 2. The van der Waals surface area contributed by atoms with E-state index < -0.39 is 13.8 Å². The number of ether oxygens (including phenoxy) is 1. The van der Waals surface area contributed by atoms with E-state index in [4.69, 9.17) is 9.57 Å². The molecule has 1 spiro atoms. The van der Waals surface area contributed by atoms with Crippen LogP contribution in [0.4, 0.5) is 0 Å². The van der Waals surface area contributed by atoms with Gasteiger partial charge in [-0.25, -0.2) is 0 Å². The molecule has 2 saturated heterocycles. The second kappa shape index (κ2) is 5.85. The minimum Gasteiger partial charge on any atom is -0.440 e. The molecule has 2 heterocycles. The van der Waals surface area contributed by atoms with Crippen LogP contribution in [0.2, 0.25) is 25.7 Å². The Morgan fingerprint density at radius 3 is 2.61 bits per heavy atom. The van der Waals surface area contributed by atoms with Gasteiger partial charge in [0.05, 0.1) is 6.10 Å². The van der Waals surface area contributed by atoms with Crippen LogP contribution in [0, 0.1) is 17.8 Å². The summed E-state index contributed by atoms with van der Waals surface area (Å²) in [5.74, 6) is 1.39. The lowest BCUT2D eigenvalue weighted by atomic mass is 9.71. The van der Waals surface area contributed by atoms with E-state index in [2.05, 4.69) is 40.4 Å². The first kappa shape index (κ1) is 17.4. The largest absolute Gasteiger partial charge is 0.440 e. The summed E-state index contributed by atoms with van der Waals surface area (Å²) in [5, 5.41) is 2.01. The van der Waals surface area contributed by atoms with Crippen LogP contribution >= 0.6 is 0 Å². The van der Waals surface area contributed by atoms with E-state index in [0.29, 0.717) is 17.8 Å². The van der Waals surface area contributed by atoms with E-state index >= 15 is 0 Å². The fraction of sp³-hybridized carbons (Fsp3) is 0.944. The van der Waals surface area contributed by atoms with E-state index in [-0.39, 0.29) is 18.1 Å². The van der Waals surface area contributed by atoms with E-state index in [9.17, 15) is 4.79 Å². The zero-order valence-electron chi connectivity index (χ0n) is 15.6. The van der Waals surface area contributed by atoms with Crippen molar-refractivity contribution < 1.29 is 14.4 Å². The van der Waals surface area contributed by atoms with Gasteiger partial charge in [0.15, 0.2) is 5.72 Å². The smallest absolute Gasteiger partial charge is 0.327 e.